The first kappa shape index (κ1) is 24.8. The van der Waals surface area contributed by atoms with E-state index in [0.29, 0.717) is 46.1 Å². The van der Waals surface area contributed by atoms with Gasteiger partial charge in [0, 0.05) is 30.8 Å². The highest BCUT2D eigenvalue weighted by molar-refractivity contribution is 7.99. The molecule has 7 nitrogen and oxygen atoms in total. The van der Waals surface area contributed by atoms with Gasteiger partial charge in [0.15, 0.2) is 5.16 Å². The van der Waals surface area contributed by atoms with Crippen LogP contribution < -0.4 is 10.6 Å². The molecule has 2 amide bonds. The number of rotatable bonds is 10. The molecule has 0 saturated heterocycles. The number of carbonyl (C=O) groups is 2. The molecule has 0 aliphatic carbocycles. The maximum Gasteiger partial charge on any atom is 0.251 e. The Balaban J connectivity index is 1.56. The summed E-state index contributed by atoms with van der Waals surface area (Å²) < 4.78 is 1.88. The van der Waals surface area contributed by atoms with Crippen LogP contribution in [0, 0.1) is 6.92 Å². The van der Waals surface area contributed by atoms with Crippen molar-refractivity contribution in [2.45, 2.75) is 25.0 Å². The average Bonchev–Trinajstić information content (AvgIpc) is 3.17. The van der Waals surface area contributed by atoms with E-state index in [9.17, 15) is 9.59 Å². The van der Waals surface area contributed by atoms with Crippen molar-refractivity contribution in [3.05, 3.63) is 82.1 Å². The average molecular weight is 504 g/mol. The van der Waals surface area contributed by atoms with Gasteiger partial charge in [-0.05, 0) is 36.8 Å². The third kappa shape index (κ3) is 6.83. The van der Waals surface area contributed by atoms with Crippen molar-refractivity contribution in [1.82, 2.24) is 20.1 Å². The zero-order chi connectivity index (χ0) is 23.8. The van der Waals surface area contributed by atoms with Crippen molar-refractivity contribution in [3.8, 4) is 0 Å². The largest absolute Gasteiger partial charge is 0.352 e. The van der Waals surface area contributed by atoms with Gasteiger partial charge in [-0.25, -0.2) is 0 Å². The Kier molecular flexibility index (Phi) is 8.94. The summed E-state index contributed by atoms with van der Waals surface area (Å²) >= 11 is 13.2. The van der Waals surface area contributed by atoms with E-state index in [1.165, 1.54) is 17.8 Å². The normalized spacial score (nSPS) is 10.6. The fourth-order valence-corrected chi connectivity index (χ4v) is 4.04. The first-order chi connectivity index (χ1) is 15.9. The van der Waals surface area contributed by atoms with Crippen LogP contribution in [-0.4, -0.2) is 38.9 Å². The molecule has 33 heavy (non-hydrogen) atoms. The van der Waals surface area contributed by atoms with Crippen molar-refractivity contribution in [2.24, 2.45) is 0 Å². The lowest BCUT2D eigenvalue weighted by Crippen LogP contribution is -2.26. The number of halogens is 2. The summed E-state index contributed by atoms with van der Waals surface area (Å²) in [7, 11) is 0. The highest BCUT2D eigenvalue weighted by Crippen LogP contribution is 2.23. The quantitative estimate of drug-likeness (QED) is 0.306. The van der Waals surface area contributed by atoms with Crippen LogP contribution in [0.1, 0.15) is 21.7 Å². The van der Waals surface area contributed by atoms with Gasteiger partial charge in [-0.1, -0.05) is 59.2 Å². The summed E-state index contributed by atoms with van der Waals surface area (Å²) in [6.07, 6.45) is 2.20. The predicted molar refractivity (Wildman–Crippen MR) is 133 cm³/mol. The molecule has 2 aromatic carbocycles. The zero-order valence-corrected chi connectivity index (χ0v) is 20.3. The number of aromatic nitrogens is 3. The van der Waals surface area contributed by atoms with Gasteiger partial charge in [0.05, 0.1) is 15.8 Å². The molecule has 0 unspecified atom stereocenters. The Bertz CT molecular complexity index is 1170. The lowest BCUT2D eigenvalue weighted by molar-refractivity contribution is -0.113. The minimum absolute atomic E-state index is 0.127. The maximum atomic E-state index is 12.4. The van der Waals surface area contributed by atoms with Gasteiger partial charge >= 0.3 is 0 Å². The van der Waals surface area contributed by atoms with Gasteiger partial charge in [-0.2, -0.15) is 0 Å². The van der Waals surface area contributed by atoms with E-state index in [2.05, 4.69) is 27.4 Å². The molecule has 3 rings (SSSR count). The van der Waals surface area contributed by atoms with E-state index in [-0.39, 0.29) is 17.6 Å². The van der Waals surface area contributed by atoms with Gasteiger partial charge < -0.3 is 15.2 Å². The van der Waals surface area contributed by atoms with Crippen LogP contribution in [0.2, 0.25) is 10.0 Å². The van der Waals surface area contributed by atoms with Crippen LogP contribution in [0.25, 0.3) is 0 Å². The molecule has 3 aromatic rings. The number of allylic oxidation sites excluding steroid dienone is 1. The number of anilines is 1. The maximum absolute atomic E-state index is 12.4. The van der Waals surface area contributed by atoms with Crippen LogP contribution in [0.15, 0.2) is 60.3 Å². The minimum Gasteiger partial charge on any atom is -0.352 e. The summed E-state index contributed by atoms with van der Waals surface area (Å²) in [5, 5.41) is 15.5. The van der Waals surface area contributed by atoms with Crippen molar-refractivity contribution < 1.29 is 9.59 Å². The standard InChI is InChI=1S/C23H23Cl2N5O2S/c1-3-12-30-20(10-11-26-22(32)16-8-9-17(24)18(25)13-16)28-29-23(30)33-14-21(31)27-19-7-5-4-6-15(19)2/h3-9,13H,1,10-12,14H2,2H3,(H,26,32)(H,27,31). The molecule has 0 radical (unpaired) electrons. The number of carbonyl (C=O) groups excluding carboxylic acids is 2. The van der Waals surface area contributed by atoms with Gasteiger partial charge in [0.1, 0.15) is 5.82 Å². The van der Waals surface area contributed by atoms with Crippen molar-refractivity contribution in [2.75, 3.05) is 17.6 Å². The minimum atomic E-state index is -0.258. The van der Waals surface area contributed by atoms with Crippen LogP contribution in [0.3, 0.4) is 0 Å². The number of para-hydroxylation sites is 1. The second-order valence-electron chi connectivity index (χ2n) is 7.08. The van der Waals surface area contributed by atoms with Gasteiger partial charge in [0.2, 0.25) is 5.91 Å². The van der Waals surface area contributed by atoms with E-state index < -0.39 is 0 Å². The lowest BCUT2D eigenvalue weighted by Gasteiger charge is -2.10. The number of benzene rings is 2. The SMILES string of the molecule is C=CCn1c(CCNC(=O)c2ccc(Cl)c(Cl)c2)nnc1SCC(=O)Nc1ccccc1C. The van der Waals surface area contributed by atoms with E-state index in [1.807, 2.05) is 35.8 Å². The molecule has 1 aromatic heterocycles. The summed E-state index contributed by atoms with van der Waals surface area (Å²) in [4.78, 5) is 24.7. The molecule has 0 aliphatic rings. The second-order valence-corrected chi connectivity index (χ2v) is 8.84. The molecular weight excluding hydrogens is 481 g/mol. The summed E-state index contributed by atoms with van der Waals surface area (Å²) in [5.41, 5.74) is 2.21. The van der Waals surface area contributed by atoms with E-state index in [1.54, 1.807) is 18.2 Å². The number of hydrogen-bond donors (Lipinski definition) is 2. The lowest BCUT2D eigenvalue weighted by atomic mass is 10.2. The first-order valence-electron chi connectivity index (χ1n) is 10.1. The van der Waals surface area contributed by atoms with E-state index >= 15 is 0 Å². The summed E-state index contributed by atoms with van der Waals surface area (Å²) in [6, 6.07) is 12.3. The van der Waals surface area contributed by atoms with Crippen molar-refractivity contribution in [3.63, 3.8) is 0 Å². The highest BCUT2D eigenvalue weighted by atomic mass is 35.5. The van der Waals surface area contributed by atoms with Crippen LogP contribution in [0.4, 0.5) is 5.69 Å². The highest BCUT2D eigenvalue weighted by Gasteiger charge is 2.15. The topological polar surface area (TPSA) is 88.9 Å². The Labute approximate surface area is 206 Å². The number of thioether (sulfide) groups is 1. The molecule has 172 valence electrons. The van der Waals surface area contributed by atoms with Crippen molar-refractivity contribution >= 4 is 52.5 Å². The fraction of sp³-hybridized carbons (Fsp3) is 0.217. The monoisotopic (exact) mass is 503 g/mol. The molecule has 0 saturated carbocycles. The van der Waals surface area contributed by atoms with E-state index in [4.69, 9.17) is 23.2 Å². The molecule has 1 heterocycles. The number of nitrogens with one attached hydrogen (secondary N) is 2. The molecule has 0 atom stereocenters. The number of aryl methyl sites for hydroxylation is 1. The van der Waals surface area contributed by atoms with Crippen LogP contribution >= 0.6 is 35.0 Å². The number of nitrogens with zero attached hydrogens (tertiary/aromatic N) is 3. The van der Waals surface area contributed by atoms with Crippen LogP contribution in [-0.2, 0) is 17.8 Å². The van der Waals surface area contributed by atoms with Gasteiger partial charge in [-0.3, -0.25) is 9.59 Å². The second kappa shape index (κ2) is 11.9. The third-order valence-corrected chi connectivity index (χ3v) is 6.38. The summed E-state index contributed by atoms with van der Waals surface area (Å²) in [6.45, 7) is 6.57. The van der Waals surface area contributed by atoms with Gasteiger partial charge in [0.25, 0.3) is 5.91 Å². The number of amides is 2. The Hall–Kier alpha value is -2.81. The Morgan fingerprint density at radius 1 is 1.15 bits per heavy atom. The molecule has 0 fully saturated rings. The van der Waals surface area contributed by atoms with E-state index in [0.717, 1.165) is 11.3 Å². The van der Waals surface area contributed by atoms with Gasteiger partial charge in [-0.15, -0.1) is 16.8 Å². The molecule has 10 heteroatoms. The van der Waals surface area contributed by atoms with Crippen molar-refractivity contribution in [1.29, 1.82) is 0 Å². The zero-order valence-electron chi connectivity index (χ0n) is 18.0. The third-order valence-electron chi connectivity index (χ3n) is 4.67. The Morgan fingerprint density at radius 2 is 1.94 bits per heavy atom. The fourth-order valence-electron chi connectivity index (χ4n) is 2.98. The molecule has 2 N–H and O–H groups in total. The van der Waals surface area contributed by atoms with Crippen LogP contribution in [0.5, 0.6) is 0 Å². The molecular formula is C23H23Cl2N5O2S. The first-order valence-corrected chi connectivity index (χ1v) is 11.9. The summed E-state index contributed by atoms with van der Waals surface area (Å²) in [5.74, 6) is 0.493. The molecule has 0 spiro atoms. The predicted octanol–water partition coefficient (Wildman–Crippen LogP) is 4.78. The molecule has 0 aliphatic heterocycles. The number of hydrogen-bond acceptors (Lipinski definition) is 5. The smallest absolute Gasteiger partial charge is 0.251 e. The Morgan fingerprint density at radius 3 is 2.67 bits per heavy atom. The molecule has 0 bridgehead atoms.